The Bertz CT molecular complexity index is 961. The number of benzene rings is 2. The highest BCUT2D eigenvalue weighted by molar-refractivity contribution is 7.99. The molecule has 120 valence electrons. The van der Waals surface area contributed by atoms with E-state index in [0.29, 0.717) is 15.7 Å². The van der Waals surface area contributed by atoms with E-state index >= 15 is 0 Å². The number of thioether (sulfide) groups is 1. The molecule has 0 saturated heterocycles. The molecule has 5 nitrogen and oxygen atoms in total. The SMILES string of the molecule is Cc1cc(Cl)ccc1NC(=O)CSc1nc2ccc(C#N)cc2[nH]1. The van der Waals surface area contributed by atoms with Crippen molar-refractivity contribution in [2.24, 2.45) is 0 Å². The summed E-state index contributed by atoms with van der Waals surface area (Å²) in [6.45, 7) is 1.89. The van der Waals surface area contributed by atoms with Gasteiger partial charge in [0.1, 0.15) is 0 Å². The monoisotopic (exact) mass is 356 g/mol. The molecule has 0 spiro atoms. The van der Waals surface area contributed by atoms with E-state index < -0.39 is 0 Å². The number of carbonyl (C=O) groups excluding carboxylic acids is 1. The maximum Gasteiger partial charge on any atom is 0.234 e. The second-order valence-electron chi connectivity index (χ2n) is 5.18. The number of nitriles is 1. The van der Waals surface area contributed by atoms with Gasteiger partial charge in [-0.15, -0.1) is 0 Å². The van der Waals surface area contributed by atoms with E-state index in [4.69, 9.17) is 16.9 Å². The molecule has 1 heterocycles. The zero-order valence-corrected chi connectivity index (χ0v) is 14.3. The number of hydrogen-bond acceptors (Lipinski definition) is 4. The lowest BCUT2D eigenvalue weighted by Crippen LogP contribution is -2.14. The number of aromatic nitrogens is 2. The second kappa shape index (κ2) is 6.95. The van der Waals surface area contributed by atoms with Crippen LogP contribution in [0.4, 0.5) is 5.69 Å². The van der Waals surface area contributed by atoms with Crippen LogP contribution >= 0.6 is 23.4 Å². The van der Waals surface area contributed by atoms with Gasteiger partial charge in [0.25, 0.3) is 0 Å². The van der Waals surface area contributed by atoms with Crippen molar-refractivity contribution in [3.63, 3.8) is 0 Å². The first-order valence-electron chi connectivity index (χ1n) is 7.14. The first-order chi connectivity index (χ1) is 11.5. The van der Waals surface area contributed by atoms with Gasteiger partial charge in [-0.05, 0) is 48.9 Å². The Morgan fingerprint density at radius 3 is 2.96 bits per heavy atom. The molecule has 3 rings (SSSR count). The molecule has 0 fully saturated rings. The Morgan fingerprint density at radius 2 is 2.21 bits per heavy atom. The smallest absolute Gasteiger partial charge is 0.234 e. The van der Waals surface area contributed by atoms with Gasteiger partial charge in [0.2, 0.25) is 5.91 Å². The molecule has 2 aromatic carbocycles. The quantitative estimate of drug-likeness (QED) is 0.689. The summed E-state index contributed by atoms with van der Waals surface area (Å²) in [5.41, 5.74) is 3.77. The van der Waals surface area contributed by atoms with Gasteiger partial charge in [0.15, 0.2) is 5.16 Å². The number of hydrogen-bond donors (Lipinski definition) is 2. The number of aromatic amines is 1. The third-order valence-corrected chi connectivity index (χ3v) is 4.50. The van der Waals surface area contributed by atoms with E-state index in [2.05, 4.69) is 21.4 Å². The molecule has 0 aliphatic heterocycles. The van der Waals surface area contributed by atoms with E-state index in [1.165, 1.54) is 11.8 Å². The Kier molecular flexibility index (Phi) is 4.74. The van der Waals surface area contributed by atoms with Crippen LogP contribution in [0.3, 0.4) is 0 Å². The van der Waals surface area contributed by atoms with Crippen LogP contribution in [0.2, 0.25) is 5.02 Å². The zero-order valence-electron chi connectivity index (χ0n) is 12.8. The molecule has 0 atom stereocenters. The average Bonchev–Trinajstić information content (AvgIpc) is 2.97. The summed E-state index contributed by atoms with van der Waals surface area (Å²) in [5, 5.41) is 13.0. The van der Waals surface area contributed by atoms with Crippen molar-refractivity contribution in [3.05, 3.63) is 52.5 Å². The number of fused-ring (bicyclic) bond motifs is 1. The molecule has 0 unspecified atom stereocenters. The summed E-state index contributed by atoms with van der Waals surface area (Å²) in [6, 6.07) is 12.6. The van der Waals surface area contributed by atoms with Gasteiger partial charge in [-0.3, -0.25) is 4.79 Å². The van der Waals surface area contributed by atoms with Crippen LogP contribution < -0.4 is 5.32 Å². The van der Waals surface area contributed by atoms with Crippen molar-refractivity contribution >= 4 is 46.0 Å². The molecule has 1 aromatic heterocycles. The highest BCUT2D eigenvalue weighted by Crippen LogP contribution is 2.22. The number of aryl methyl sites for hydroxylation is 1. The number of amides is 1. The lowest BCUT2D eigenvalue weighted by Gasteiger charge is -2.07. The van der Waals surface area contributed by atoms with E-state index in [1.54, 1.807) is 36.4 Å². The molecule has 0 bridgehead atoms. The Labute approximate surface area is 148 Å². The summed E-state index contributed by atoms with van der Waals surface area (Å²) in [5.74, 6) is 0.107. The van der Waals surface area contributed by atoms with Crippen LogP contribution in [0.5, 0.6) is 0 Å². The summed E-state index contributed by atoms with van der Waals surface area (Å²) >= 11 is 7.21. The Hall–Kier alpha value is -2.49. The van der Waals surface area contributed by atoms with Crippen molar-refractivity contribution in [1.29, 1.82) is 5.26 Å². The van der Waals surface area contributed by atoms with Gasteiger partial charge >= 0.3 is 0 Å². The summed E-state index contributed by atoms with van der Waals surface area (Å²) in [4.78, 5) is 19.6. The van der Waals surface area contributed by atoms with Crippen LogP contribution in [0.1, 0.15) is 11.1 Å². The summed E-state index contributed by atoms with van der Waals surface area (Å²) in [7, 11) is 0. The van der Waals surface area contributed by atoms with Gasteiger partial charge in [0.05, 0.1) is 28.4 Å². The number of anilines is 1. The van der Waals surface area contributed by atoms with Crippen LogP contribution in [-0.4, -0.2) is 21.6 Å². The van der Waals surface area contributed by atoms with E-state index in [1.807, 2.05) is 6.92 Å². The molecule has 0 radical (unpaired) electrons. The molecule has 3 aromatic rings. The maximum absolute atomic E-state index is 12.1. The van der Waals surface area contributed by atoms with Crippen molar-refractivity contribution in [3.8, 4) is 6.07 Å². The first-order valence-corrected chi connectivity index (χ1v) is 8.50. The zero-order chi connectivity index (χ0) is 17.1. The topological polar surface area (TPSA) is 81.6 Å². The fourth-order valence-corrected chi connectivity index (χ4v) is 3.12. The second-order valence-corrected chi connectivity index (χ2v) is 6.58. The standard InChI is InChI=1S/C17H13ClN4OS/c1-10-6-12(18)3-5-13(10)20-16(23)9-24-17-21-14-4-2-11(8-19)7-15(14)22-17/h2-7H,9H2,1H3,(H,20,23)(H,21,22). The first kappa shape index (κ1) is 16.4. The van der Waals surface area contributed by atoms with Crippen molar-refractivity contribution < 1.29 is 4.79 Å². The fraction of sp³-hybridized carbons (Fsp3) is 0.118. The maximum atomic E-state index is 12.1. The van der Waals surface area contributed by atoms with Gasteiger partial charge in [-0.2, -0.15) is 5.26 Å². The van der Waals surface area contributed by atoms with Gasteiger partial charge < -0.3 is 10.3 Å². The Morgan fingerprint density at radius 1 is 1.38 bits per heavy atom. The number of nitrogens with zero attached hydrogens (tertiary/aromatic N) is 2. The minimum Gasteiger partial charge on any atom is -0.333 e. The number of halogens is 1. The van der Waals surface area contributed by atoms with Crippen molar-refractivity contribution in [1.82, 2.24) is 9.97 Å². The highest BCUT2D eigenvalue weighted by atomic mass is 35.5. The average molecular weight is 357 g/mol. The number of nitrogens with one attached hydrogen (secondary N) is 2. The number of rotatable bonds is 4. The van der Waals surface area contributed by atoms with E-state index in [-0.39, 0.29) is 11.7 Å². The van der Waals surface area contributed by atoms with Crippen molar-refractivity contribution in [2.75, 3.05) is 11.1 Å². The molecule has 0 saturated carbocycles. The highest BCUT2D eigenvalue weighted by Gasteiger charge is 2.09. The predicted octanol–water partition coefficient (Wildman–Crippen LogP) is 4.13. The molecule has 1 amide bonds. The van der Waals surface area contributed by atoms with E-state index in [9.17, 15) is 4.79 Å². The molecular weight excluding hydrogens is 344 g/mol. The van der Waals surface area contributed by atoms with Gasteiger partial charge in [-0.25, -0.2) is 4.98 Å². The molecule has 24 heavy (non-hydrogen) atoms. The molecular formula is C17H13ClN4OS. The minimum absolute atomic E-state index is 0.122. The summed E-state index contributed by atoms with van der Waals surface area (Å²) in [6.07, 6.45) is 0. The summed E-state index contributed by atoms with van der Waals surface area (Å²) < 4.78 is 0. The molecule has 2 N–H and O–H groups in total. The minimum atomic E-state index is -0.122. The normalized spacial score (nSPS) is 10.5. The van der Waals surface area contributed by atoms with Crippen molar-refractivity contribution in [2.45, 2.75) is 12.1 Å². The van der Waals surface area contributed by atoms with Gasteiger partial charge in [0, 0.05) is 10.7 Å². The lowest BCUT2D eigenvalue weighted by atomic mass is 10.2. The fourth-order valence-electron chi connectivity index (χ4n) is 2.21. The van der Waals surface area contributed by atoms with Gasteiger partial charge in [-0.1, -0.05) is 23.4 Å². The third-order valence-electron chi connectivity index (χ3n) is 3.39. The van der Waals surface area contributed by atoms with Crippen LogP contribution in [0.25, 0.3) is 11.0 Å². The number of carbonyl (C=O) groups is 1. The number of imidazole rings is 1. The lowest BCUT2D eigenvalue weighted by molar-refractivity contribution is -0.113. The van der Waals surface area contributed by atoms with Crippen LogP contribution in [-0.2, 0) is 4.79 Å². The largest absolute Gasteiger partial charge is 0.333 e. The van der Waals surface area contributed by atoms with Crippen LogP contribution in [0, 0.1) is 18.3 Å². The molecule has 0 aliphatic carbocycles. The van der Waals surface area contributed by atoms with E-state index in [0.717, 1.165) is 22.3 Å². The third kappa shape index (κ3) is 3.70. The predicted molar refractivity (Wildman–Crippen MR) is 96.4 cm³/mol. The molecule has 7 heteroatoms. The Balaban J connectivity index is 1.65. The molecule has 0 aliphatic rings. The number of H-pyrrole nitrogens is 1. The van der Waals surface area contributed by atoms with Crippen LogP contribution in [0.15, 0.2) is 41.6 Å².